The topological polar surface area (TPSA) is 46.9 Å². The maximum absolute atomic E-state index is 13.8. The normalized spacial score (nSPS) is 11.0. The highest BCUT2D eigenvalue weighted by molar-refractivity contribution is 6.01. The Kier molecular flexibility index (Phi) is 5.22. The summed E-state index contributed by atoms with van der Waals surface area (Å²) in [6.07, 6.45) is 2.93. The number of halogens is 2. The van der Waals surface area contributed by atoms with E-state index in [9.17, 15) is 13.6 Å². The molecular formula is C20H17F2N3O. The minimum atomic E-state index is -0.357. The van der Waals surface area contributed by atoms with Gasteiger partial charge in [0.15, 0.2) is 5.82 Å². The molecule has 0 fully saturated rings. The SMILES string of the molecule is Cc1cc(NC(=O)/C=C/c2ccc(F)cc2)nn1Cc1ccccc1F. The van der Waals surface area contributed by atoms with Crippen LogP contribution in [0.4, 0.5) is 14.6 Å². The van der Waals surface area contributed by atoms with Crippen molar-refractivity contribution in [2.75, 3.05) is 5.32 Å². The minimum Gasteiger partial charge on any atom is -0.306 e. The van der Waals surface area contributed by atoms with Gasteiger partial charge in [0.2, 0.25) is 5.91 Å². The molecule has 0 saturated heterocycles. The number of aryl methyl sites for hydroxylation is 1. The van der Waals surface area contributed by atoms with Crippen LogP contribution in [0.5, 0.6) is 0 Å². The summed E-state index contributed by atoms with van der Waals surface area (Å²) < 4.78 is 28.2. The van der Waals surface area contributed by atoms with Gasteiger partial charge in [-0.25, -0.2) is 8.78 Å². The number of carbonyl (C=O) groups excluding carboxylic acids is 1. The molecule has 0 radical (unpaired) electrons. The fraction of sp³-hybridized carbons (Fsp3) is 0.100. The fourth-order valence-electron chi connectivity index (χ4n) is 2.43. The van der Waals surface area contributed by atoms with Crippen LogP contribution in [-0.4, -0.2) is 15.7 Å². The highest BCUT2D eigenvalue weighted by Crippen LogP contribution is 2.14. The van der Waals surface area contributed by atoms with Crippen LogP contribution in [0.3, 0.4) is 0 Å². The van der Waals surface area contributed by atoms with E-state index in [1.165, 1.54) is 24.3 Å². The summed E-state index contributed by atoms with van der Waals surface area (Å²) in [6.45, 7) is 2.11. The third kappa shape index (κ3) is 4.42. The van der Waals surface area contributed by atoms with Gasteiger partial charge in [-0.05, 0) is 36.8 Å². The average Bonchev–Trinajstić information content (AvgIpc) is 2.95. The molecule has 6 heteroatoms. The highest BCUT2D eigenvalue weighted by Gasteiger charge is 2.09. The van der Waals surface area contributed by atoms with Crippen molar-refractivity contribution >= 4 is 17.8 Å². The number of rotatable bonds is 5. The second kappa shape index (κ2) is 7.74. The quantitative estimate of drug-likeness (QED) is 0.700. The van der Waals surface area contributed by atoms with E-state index in [1.807, 2.05) is 6.92 Å². The van der Waals surface area contributed by atoms with Gasteiger partial charge in [0.05, 0.1) is 6.54 Å². The van der Waals surface area contributed by atoms with E-state index in [0.717, 1.165) is 5.69 Å². The van der Waals surface area contributed by atoms with Crippen molar-refractivity contribution in [1.29, 1.82) is 0 Å². The lowest BCUT2D eigenvalue weighted by atomic mass is 10.2. The van der Waals surface area contributed by atoms with Crippen molar-refractivity contribution in [2.45, 2.75) is 13.5 Å². The molecule has 3 aromatic rings. The molecule has 1 amide bonds. The van der Waals surface area contributed by atoms with E-state index >= 15 is 0 Å². The molecular weight excluding hydrogens is 336 g/mol. The summed E-state index contributed by atoms with van der Waals surface area (Å²) in [6, 6.07) is 14.0. The largest absolute Gasteiger partial charge is 0.306 e. The number of anilines is 1. The summed E-state index contributed by atoms with van der Waals surface area (Å²) in [5, 5.41) is 6.95. The number of hydrogen-bond acceptors (Lipinski definition) is 2. The van der Waals surface area contributed by atoms with E-state index in [-0.39, 0.29) is 24.1 Å². The summed E-state index contributed by atoms with van der Waals surface area (Å²) in [4.78, 5) is 12.0. The second-order valence-corrected chi connectivity index (χ2v) is 5.79. The smallest absolute Gasteiger partial charge is 0.249 e. The number of nitrogens with one attached hydrogen (secondary N) is 1. The number of nitrogens with zero attached hydrogens (tertiary/aromatic N) is 2. The van der Waals surface area contributed by atoms with Gasteiger partial charge in [-0.1, -0.05) is 30.3 Å². The van der Waals surface area contributed by atoms with Crippen molar-refractivity contribution in [3.8, 4) is 0 Å². The van der Waals surface area contributed by atoms with Crippen LogP contribution in [0.15, 0.2) is 60.7 Å². The number of hydrogen-bond donors (Lipinski definition) is 1. The molecule has 4 nitrogen and oxygen atoms in total. The summed E-state index contributed by atoms with van der Waals surface area (Å²) in [5.74, 6) is -0.602. The van der Waals surface area contributed by atoms with E-state index in [2.05, 4.69) is 10.4 Å². The van der Waals surface area contributed by atoms with Gasteiger partial charge in [0.1, 0.15) is 11.6 Å². The maximum atomic E-state index is 13.8. The number of amides is 1. The highest BCUT2D eigenvalue weighted by atomic mass is 19.1. The molecule has 1 heterocycles. The van der Waals surface area contributed by atoms with Crippen LogP contribution in [0.25, 0.3) is 6.08 Å². The Morgan fingerprint density at radius 1 is 1.15 bits per heavy atom. The van der Waals surface area contributed by atoms with Crippen molar-refractivity contribution in [3.05, 3.63) is 89.1 Å². The molecule has 0 atom stereocenters. The van der Waals surface area contributed by atoms with Crippen LogP contribution in [0.1, 0.15) is 16.8 Å². The minimum absolute atomic E-state index is 0.278. The summed E-state index contributed by atoms with van der Waals surface area (Å²) in [7, 11) is 0. The molecule has 1 N–H and O–H groups in total. The lowest BCUT2D eigenvalue weighted by Crippen LogP contribution is -2.10. The molecule has 132 valence electrons. The Hall–Kier alpha value is -3.28. The lowest BCUT2D eigenvalue weighted by Gasteiger charge is -2.05. The number of benzene rings is 2. The average molecular weight is 353 g/mol. The fourth-order valence-corrected chi connectivity index (χ4v) is 2.43. The second-order valence-electron chi connectivity index (χ2n) is 5.79. The van der Waals surface area contributed by atoms with Crippen molar-refractivity contribution in [1.82, 2.24) is 9.78 Å². The van der Waals surface area contributed by atoms with Gasteiger partial charge in [0.25, 0.3) is 0 Å². The Morgan fingerprint density at radius 2 is 1.88 bits per heavy atom. The van der Waals surface area contributed by atoms with Gasteiger partial charge in [0, 0.05) is 23.4 Å². The first-order chi connectivity index (χ1) is 12.5. The molecule has 0 bridgehead atoms. The monoisotopic (exact) mass is 353 g/mol. The Balaban J connectivity index is 1.66. The zero-order valence-corrected chi connectivity index (χ0v) is 14.1. The van der Waals surface area contributed by atoms with E-state index in [4.69, 9.17) is 0 Å². The lowest BCUT2D eigenvalue weighted by molar-refractivity contribution is -0.111. The van der Waals surface area contributed by atoms with E-state index in [0.29, 0.717) is 16.9 Å². The Bertz CT molecular complexity index is 946. The summed E-state index contributed by atoms with van der Waals surface area (Å²) in [5.41, 5.74) is 2.03. The third-order valence-corrected chi connectivity index (χ3v) is 3.81. The van der Waals surface area contributed by atoms with Gasteiger partial charge >= 0.3 is 0 Å². The molecule has 3 rings (SSSR count). The molecule has 0 unspecified atom stereocenters. The predicted molar refractivity (Wildman–Crippen MR) is 96.5 cm³/mol. The Morgan fingerprint density at radius 3 is 2.62 bits per heavy atom. The van der Waals surface area contributed by atoms with Crippen LogP contribution in [0.2, 0.25) is 0 Å². The molecule has 1 aromatic heterocycles. The molecule has 26 heavy (non-hydrogen) atoms. The van der Waals surface area contributed by atoms with Crippen molar-refractivity contribution in [2.24, 2.45) is 0 Å². The third-order valence-electron chi connectivity index (χ3n) is 3.81. The summed E-state index contributed by atoms with van der Waals surface area (Å²) >= 11 is 0. The van der Waals surface area contributed by atoms with Crippen molar-refractivity contribution in [3.63, 3.8) is 0 Å². The molecule has 0 spiro atoms. The van der Waals surface area contributed by atoms with Crippen molar-refractivity contribution < 1.29 is 13.6 Å². The van der Waals surface area contributed by atoms with Gasteiger partial charge in [-0.15, -0.1) is 0 Å². The zero-order chi connectivity index (χ0) is 18.5. The standard InChI is InChI=1S/C20H17F2N3O/c1-14-12-19(24-25(14)13-16-4-2-3-5-18(16)22)23-20(26)11-8-15-6-9-17(21)10-7-15/h2-12H,13H2,1H3,(H,23,24,26)/b11-8+. The molecule has 2 aromatic carbocycles. The first-order valence-corrected chi connectivity index (χ1v) is 8.04. The zero-order valence-electron chi connectivity index (χ0n) is 14.1. The number of aromatic nitrogens is 2. The van der Waals surface area contributed by atoms with Gasteiger partial charge < -0.3 is 5.32 Å². The van der Waals surface area contributed by atoms with E-state index < -0.39 is 0 Å². The first-order valence-electron chi connectivity index (χ1n) is 8.04. The van der Waals surface area contributed by atoms with Gasteiger partial charge in [-0.3, -0.25) is 9.48 Å². The van der Waals surface area contributed by atoms with Crippen LogP contribution < -0.4 is 5.32 Å². The molecule has 0 aliphatic rings. The van der Waals surface area contributed by atoms with Gasteiger partial charge in [-0.2, -0.15) is 5.10 Å². The predicted octanol–water partition coefficient (Wildman–Crippen LogP) is 4.17. The van der Waals surface area contributed by atoms with Crippen LogP contribution in [-0.2, 0) is 11.3 Å². The first kappa shape index (κ1) is 17.5. The number of carbonyl (C=O) groups is 1. The van der Waals surface area contributed by atoms with E-state index in [1.54, 1.807) is 47.2 Å². The molecule has 0 aliphatic carbocycles. The molecule has 0 saturated carbocycles. The maximum Gasteiger partial charge on any atom is 0.249 e. The molecule has 0 aliphatic heterocycles. The Labute approximate surface area is 149 Å². The van der Waals surface area contributed by atoms with Crippen LogP contribution in [0, 0.1) is 18.6 Å². The van der Waals surface area contributed by atoms with Crippen LogP contribution >= 0.6 is 0 Å².